The van der Waals surface area contributed by atoms with Crippen LogP contribution in [0.2, 0.25) is 0 Å². The van der Waals surface area contributed by atoms with Gasteiger partial charge in [-0.3, -0.25) is 0 Å². The molecule has 1 fully saturated rings. The third kappa shape index (κ3) is 3.47. The minimum absolute atomic E-state index is 0.615. The number of hydrogen-bond donors (Lipinski definition) is 1. The van der Waals surface area contributed by atoms with Crippen molar-refractivity contribution in [2.24, 2.45) is 5.92 Å². The summed E-state index contributed by atoms with van der Waals surface area (Å²) in [6, 6.07) is 0. The van der Waals surface area contributed by atoms with Crippen LogP contribution in [0.5, 0.6) is 0 Å². The second-order valence-electron chi connectivity index (χ2n) is 4.20. The molecule has 1 heterocycles. The first-order valence-corrected chi connectivity index (χ1v) is 6.50. The molecular weight excluding hydrogens is 208 g/mol. The molecule has 15 heavy (non-hydrogen) atoms. The molecule has 2 rings (SSSR count). The maximum Gasteiger partial charge on any atom is 0.180 e. The summed E-state index contributed by atoms with van der Waals surface area (Å²) in [6.45, 7) is 1.50. The van der Waals surface area contributed by atoms with Gasteiger partial charge in [0.1, 0.15) is 0 Å². The summed E-state index contributed by atoms with van der Waals surface area (Å²) in [5.74, 6) is 0.773. The molecule has 1 aliphatic rings. The lowest BCUT2D eigenvalue weighted by molar-refractivity contribution is 0.0723. The molecule has 0 atom stereocenters. The van der Waals surface area contributed by atoms with E-state index in [1.807, 2.05) is 5.38 Å². The van der Waals surface area contributed by atoms with Gasteiger partial charge in [-0.25, -0.2) is 4.98 Å². The topological polar surface area (TPSA) is 48.1 Å². The van der Waals surface area contributed by atoms with Gasteiger partial charge in [0.25, 0.3) is 0 Å². The van der Waals surface area contributed by atoms with Crippen LogP contribution in [0.15, 0.2) is 5.38 Å². The Morgan fingerprint density at radius 1 is 1.40 bits per heavy atom. The molecule has 0 saturated heterocycles. The Morgan fingerprint density at radius 3 is 2.87 bits per heavy atom. The molecule has 1 aromatic rings. The van der Waals surface area contributed by atoms with Crippen LogP contribution in [0.3, 0.4) is 0 Å². The molecular formula is C11H18N2OS. The smallest absolute Gasteiger partial charge is 0.180 e. The van der Waals surface area contributed by atoms with E-state index < -0.39 is 0 Å². The van der Waals surface area contributed by atoms with Gasteiger partial charge in [0, 0.05) is 12.0 Å². The van der Waals surface area contributed by atoms with E-state index in [2.05, 4.69) is 4.98 Å². The number of anilines is 1. The van der Waals surface area contributed by atoms with Crippen LogP contribution in [0.4, 0.5) is 5.13 Å². The Bertz CT molecular complexity index is 295. The average molecular weight is 226 g/mol. The summed E-state index contributed by atoms with van der Waals surface area (Å²) >= 11 is 1.48. The van der Waals surface area contributed by atoms with Crippen molar-refractivity contribution >= 4 is 16.5 Å². The van der Waals surface area contributed by atoms with Gasteiger partial charge in [0.2, 0.25) is 0 Å². The van der Waals surface area contributed by atoms with E-state index in [1.54, 1.807) is 0 Å². The predicted octanol–water partition coefficient (Wildman–Crippen LogP) is 2.82. The van der Waals surface area contributed by atoms with Crippen molar-refractivity contribution in [3.8, 4) is 0 Å². The Morgan fingerprint density at radius 2 is 2.20 bits per heavy atom. The lowest BCUT2D eigenvalue weighted by atomic mass is 9.90. The second kappa shape index (κ2) is 5.47. The molecule has 84 valence electrons. The summed E-state index contributed by atoms with van der Waals surface area (Å²) in [7, 11) is 0. The summed E-state index contributed by atoms with van der Waals surface area (Å²) in [6.07, 6.45) is 6.81. The minimum Gasteiger partial charge on any atom is -0.375 e. The van der Waals surface area contributed by atoms with Crippen LogP contribution in [-0.2, 0) is 11.3 Å². The summed E-state index contributed by atoms with van der Waals surface area (Å²) in [5, 5.41) is 2.60. The summed E-state index contributed by atoms with van der Waals surface area (Å²) in [5.41, 5.74) is 6.51. The van der Waals surface area contributed by atoms with Gasteiger partial charge in [-0.15, -0.1) is 11.3 Å². The van der Waals surface area contributed by atoms with Gasteiger partial charge in [0.15, 0.2) is 5.13 Å². The lowest BCUT2D eigenvalue weighted by Crippen LogP contribution is -2.13. The zero-order valence-corrected chi connectivity index (χ0v) is 9.76. The van der Waals surface area contributed by atoms with Crippen molar-refractivity contribution in [3.05, 3.63) is 11.1 Å². The Hall–Kier alpha value is -0.610. The van der Waals surface area contributed by atoms with Crippen LogP contribution in [0.1, 0.15) is 37.8 Å². The number of ether oxygens (including phenoxy) is 1. The van der Waals surface area contributed by atoms with Crippen molar-refractivity contribution in [2.45, 2.75) is 38.7 Å². The molecule has 0 aromatic carbocycles. The first kappa shape index (κ1) is 10.9. The van der Waals surface area contributed by atoms with E-state index in [-0.39, 0.29) is 0 Å². The highest BCUT2D eigenvalue weighted by atomic mass is 32.1. The fraction of sp³-hybridized carbons (Fsp3) is 0.727. The molecule has 0 aliphatic heterocycles. The summed E-state index contributed by atoms with van der Waals surface area (Å²) in [4.78, 5) is 4.16. The van der Waals surface area contributed by atoms with E-state index in [0.29, 0.717) is 11.7 Å². The molecule has 0 bridgehead atoms. The van der Waals surface area contributed by atoms with Gasteiger partial charge >= 0.3 is 0 Å². The van der Waals surface area contributed by atoms with E-state index in [4.69, 9.17) is 10.5 Å². The van der Waals surface area contributed by atoms with Crippen LogP contribution in [-0.4, -0.2) is 11.6 Å². The highest BCUT2D eigenvalue weighted by molar-refractivity contribution is 7.13. The van der Waals surface area contributed by atoms with Gasteiger partial charge < -0.3 is 10.5 Å². The molecule has 0 spiro atoms. The van der Waals surface area contributed by atoms with Crippen LogP contribution < -0.4 is 5.73 Å². The molecule has 1 aliphatic carbocycles. The van der Waals surface area contributed by atoms with Crippen LogP contribution in [0, 0.1) is 5.92 Å². The van der Waals surface area contributed by atoms with Crippen molar-refractivity contribution in [1.82, 2.24) is 4.98 Å². The molecule has 3 nitrogen and oxygen atoms in total. The quantitative estimate of drug-likeness (QED) is 0.858. The molecule has 0 unspecified atom stereocenters. The molecule has 0 amide bonds. The zero-order valence-electron chi connectivity index (χ0n) is 8.95. The molecule has 0 radical (unpaired) electrons. The third-order valence-corrected chi connectivity index (χ3v) is 3.62. The van der Waals surface area contributed by atoms with E-state index in [9.17, 15) is 0 Å². The Kier molecular flexibility index (Phi) is 3.97. The summed E-state index contributed by atoms with van der Waals surface area (Å²) < 4.78 is 5.66. The second-order valence-corrected chi connectivity index (χ2v) is 5.09. The number of nitrogens with two attached hydrogens (primary N) is 1. The molecule has 1 aromatic heterocycles. The lowest BCUT2D eigenvalue weighted by Gasteiger charge is -2.20. The SMILES string of the molecule is Nc1nc(COCC2CCCCC2)cs1. The minimum atomic E-state index is 0.615. The number of rotatable bonds is 4. The van der Waals surface area contributed by atoms with Crippen molar-refractivity contribution < 1.29 is 4.74 Å². The zero-order chi connectivity index (χ0) is 10.5. The fourth-order valence-corrected chi connectivity index (χ4v) is 2.62. The van der Waals surface area contributed by atoms with Crippen LogP contribution >= 0.6 is 11.3 Å². The van der Waals surface area contributed by atoms with Gasteiger partial charge in [-0.2, -0.15) is 0 Å². The van der Waals surface area contributed by atoms with E-state index in [0.717, 1.165) is 18.2 Å². The maximum atomic E-state index is 5.66. The Labute approximate surface area is 94.7 Å². The first-order chi connectivity index (χ1) is 7.34. The van der Waals surface area contributed by atoms with Crippen molar-refractivity contribution in [2.75, 3.05) is 12.3 Å². The Balaban J connectivity index is 1.65. The first-order valence-electron chi connectivity index (χ1n) is 5.62. The van der Waals surface area contributed by atoms with Crippen LogP contribution in [0.25, 0.3) is 0 Å². The molecule has 4 heteroatoms. The number of nitrogens with zero attached hydrogens (tertiary/aromatic N) is 1. The molecule has 1 saturated carbocycles. The maximum absolute atomic E-state index is 5.66. The van der Waals surface area contributed by atoms with Gasteiger partial charge in [0.05, 0.1) is 12.3 Å². The van der Waals surface area contributed by atoms with Gasteiger partial charge in [-0.1, -0.05) is 19.3 Å². The highest BCUT2D eigenvalue weighted by Gasteiger charge is 2.13. The highest BCUT2D eigenvalue weighted by Crippen LogP contribution is 2.24. The van der Waals surface area contributed by atoms with Crippen molar-refractivity contribution in [1.29, 1.82) is 0 Å². The standard InChI is InChI=1S/C11H18N2OS/c12-11-13-10(8-15-11)7-14-6-9-4-2-1-3-5-9/h8-9H,1-7H2,(H2,12,13). The van der Waals surface area contributed by atoms with E-state index >= 15 is 0 Å². The molecule has 2 N–H and O–H groups in total. The number of thiazole rings is 1. The fourth-order valence-electron chi connectivity index (χ4n) is 2.07. The van der Waals surface area contributed by atoms with Gasteiger partial charge in [-0.05, 0) is 18.8 Å². The number of aromatic nitrogens is 1. The largest absolute Gasteiger partial charge is 0.375 e. The number of hydrogen-bond acceptors (Lipinski definition) is 4. The monoisotopic (exact) mass is 226 g/mol. The predicted molar refractivity (Wildman–Crippen MR) is 62.8 cm³/mol. The number of nitrogen functional groups attached to an aromatic ring is 1. The van der Waals surface area contributed by atoms with E-state index in [1.165, 1.54) is 43.4 Å². The van der Waals surface area contributed by atoms with Crippen molar-refractivity contribution in [3.63, 3.8) is 0 Å². The average Bonchev–Trinajstić information content (AvgIpc) is 2.66. The normalized spacial score (nSPS) is 18.1. The third-order valence-electron chi connectivity index (χ3n) is 2.90.